The Morgan fingerprint density at radius 1 is 1.17 bits per heavy atom. The van der Waals surface area contributed by atoms with Crippen LogP contribution in [0.15, 0.2) is 41.2 Å². The maximum absolute atomic E-state index is 12.5. The number of aryl methyl sites for hydroxylation is 3. The minimum atomic E-state index is -0.634. The fraction of sp³-hybridized carbons (Fsp3) is 0.273. The first-order chi connectivity index (χ1) is 13.9. The van der Waals surface area contributed by atoms with E-state index in [-0.39, 0.29) is 11.1 Å². The van der Waals surface area contributed by atoms with Crippen LogP contribution in [-0.4, -0.2) is 28.0 Å². The molecule has 1 aliphatic rings. The van der Waals surface area contributed by atoms with E-state index >= 15 is 0 Å². The summed E-state index contributed by atoms with van der Waals surface area (Å²) in [5.74, 6) is -0.314. The number of rotatable bonds is 4. The molecule has 1 aromatic heterocycles. The van der Waals surface area contributed by atoms with Gasteiger partial charge < -0.3 is 10.1 Å². The molecule has 0 unspecified atom stereocenters. The minimum absolute atomic E-state index is 0.0877. The zero-order chi connectivity index (χ0) is 20.5. The molecule has 0 radical (unpaired) electrons. The van der Waals surface area contributed by atoms with Crippen LogP contribution in [0.3, 0.4) is 0 Å². The van der Waals surface area contributed by atoms with Gasteiger partial charge in [0.05, 0.1) is 16.5 Å². The molecule has 1 N–H and O–H groups in total. The lowest BCUT2D eigenvalue weighted by atomic mass is 10.1. The highest BCUT2D eigenvalue weighted by atomic mass is 16.5. The highest BCUT2D eigenvalue weighted by Crippen LogP contribution is 2.18. The number of nitrogens with zero attached hydrogens (tertiary/aromatic N) is 2. The standard InChI is InChI=1S/C22H21N3O4/c1-13-5-8-17(14(2)10-13)24-20(26)12-29-22(28)15-6-7-16-18(11-15)23-19-4-3-9-25(19)21(16)27/h5-8,10-11H,3-4,9,12H2,1-2H3,(H,24,26). The monoisotopic (exact) mass is 391 g/mol. The smallest absolute Gasteiger partial charge is 0.338 e. The Kier molecular flexibility index (Phi) is 4.88. The molecule has 1 amide bonds. The van der Waals surface area contributed by atoms with Crippen LogP contribution in [0.4, 0.5) is 5.69 Å². The van der Waals surface area contributed by atoms with Crippen molar-refractivity contribution in [2.24, 2.45) is 0 Å². The van der Waals surface area contributed by atoms with E-state index in [0.29, 0.717) is 23.1 Å². The number of hydrogen-bond acceptors (Lipinski definition) is 5. The molecule has 0 saturated carbocycles. The summed E-state index contributed by atoms with van der Waals surface area (Å²) in [6.07, 6.45) is 1.64. The number of benzene rings is 2. The maximum atomic E-state index is 12.5. The quantitative estimate of drug-likeness (QED) is 0.691. The van der Waals surface area contributed by atoms with Crippen LogP contribution in [0.1, 0.15) is 33.7 Å². The van der Waals surface area contributed by atoms with Gasteiger partial charge in [-0.3, -0.25) is 14.2 Å². The molecule has 2 aromatic carbocycles. The summed E-state index contributed by atoms with van der Waals surface area (Å²) < 4.78 is 6.81. The summed E-state index contributed by atoms with van der Waals surface area (Å²) in [6, 6.07) is 10.3. The molecule has 2 heterocycles. The first kappa shape index (κ1) is 18.9. The molecule has 7 heteroatoms. The number of aromatic nitrogens is 2. The Balaban J connectivity index is 1.45. The zero-order valence-electron chi connectivity index (χ0n) is 16.3. The van der Waals surface area contributed by atoms with Gasteiger partial charge in [-0.15, -0.1) is 0 Å². The Morgan fingerprint density at radius 2 is 2.00 bits per heavy atom. The van der Waals surface area contributed by atoms with Crippen LogP contribution in [0, 0.1) is 13.8 Å². The first-order valence-electron chi connectivity index (χ1n) is 9.50. The van der Waals surface area contributed by atoms with Crippen LogP contribution < -0.4 is 10.9 Å². The number of carbonyl (C=O) groups is 2. The topological polar surface area (TPSA) is 90.3 Å². The first-order valence-corrected chi connectivity index (χ1v) is 9.50. The van der Waals surface area contributed by atoms with E-state index in [2.05, 4.69) is 10.3 Å². The third-order valence-electron chi connectivity index (χ3n) is 5.04. The van der Waals surface area contributed by atoms with Gasteiger partial charge in [-0.2, -0.15) is 0 Å². The van der Waals surface area contributed by atoms with Crippen molar-refractivity contribution in [3.63, 3.8) is 0 Å². The van der Waals surface area contributed by atoms with Crippen molar-refractivity contribution in [3.05, 3.63) is 69.3 Å². The predicted molar refractivity (Wildman–Crippen MR) is 109 cm³/mol. The van der Waals surface area contributed by atoms with Crippen molar-refractivity contribution in [3.8, 4) is 0 Å². The number of fused-ring (bicyclic) bond motifs is 2. The van der Waals surface area contributed by atoms with E-state index in [1.807, 2.05) is 32.0 Å². The van der Waals surface area contributed by atoms with Crippen molar-refractivity contribution in [2.45, 2.75) is 33.2 Å². The molecule has 7 nitrogen and oxygen atoms in total. The number of carbonyl (C=O) groups excluding carboxylic acids is 2. The Bertz CT molecular complexity index is 1200. The van der Waals surface area contributed by atoms with Crippen LogP contribution in [0.5, 0.6) is 0 Å². The van der Waals surface area contributed by atoms with Gasteiger partial charge in [-0.05, 0) is 50.1 Å². The Hall–Kier alpha value is -3.48. The number of ether oxygens (including phenoxy) is 1. The van der Waals surface area contributed by atoms with Crippen molar-refractivity contribution in [1.29, 1.82) is 0 Å². The SMILES string of the molecule is Cc1ccc(NC(=O)COC(=O)c2ccc3c(=O)n4c(nc3c2)CCC4)c(C)c1. The van der Waals surface area contributed by atoms with Gasteiger partial charge in [0.15, 0.2) is 6.61 Å². The molecule has 4 rings (SSSR count). The van der Waals surface area contributed by atoms with Crippen LogP contribution >= 0.6 is 0 Å². The lowest BCUT2D eigenvalue weighted by Gasteiger charge is -2.10. The molecule has 0 aliphatic carbocycles. The Labute approximate surface area is 167 Å². The third-order valence-corrected chi connectivity index (χ3v) is 5.04. The van der Waals surface area contributed by atoms with Gasteiger partial charge >= 0.3 is 5.97 Å². The molecule has 1 aliphatic heterocycles. The van der Waals surface area contributed by atoms with Crippen LogP contribution in [0.25, 0.3) is 10.9 Å². The molecule has 148 valence electrons. The molecule has 0 fully saturated rings. The highest BCUT2D eigenvalue weighted by molar-refractivity contribution is 5.97. The fourth-order valence-corrected chi connectivity index (χ4v) is 3.57. The third kappa shape index (κ3) is 3.76. The second kappa shape index (κ2) is 7.50. The molecule has 3 aromatic rings. The van der Waals surface area contributed by atoms with Crippen molar-refractivity contribution in [2.75, 3.05) is 11.9 Å². The van der Waals surface area contributed by atoms with Gasteiger partial charge in [0.25, 0.3) is 11.5 Å². The molecular weight excluding hydrogens is 370 g/mol. The molecule has 0 bridgehead atoms. The van der Waals surface area contributed by atoms with Gasteiger partial charge in [0.1, 0.15) is 5.82 Å². The van der Waals surface area contributed by atoms with Gasteiger partial charge in [-0.25, -0.2) is 9.78 Å². The summed E-state index contributed by atoms with van der Waals surface area (Å²) in [4.78, 5) is 41.5. The number of amides is 1. The van der Waals surface area contributed by atoms with Gasteiger partial charge in [0.2, 0.25) is 0 Å². The number of hydrogen-bond donors (Lipinski definition) is 1. The highest BCUT2D eigenvalue weighted by Gasteiger charge is 2.18. The van der Waals surface area contributed by atoms with E-state index in [4.69, 9.17) is 4.74 Å². The number of nitrogens with one attached hydrogen (secondary N) is 1. The predicted octanol–water partition coefficient (Wildman–Crippen LogP) is 2.76. The summed E-state index contributed by atoms with van der Waals surface area (Å²) in [5, 5.41) is 3.21. The van der Waals surface area contributed by atoms with E-state index < -0.39 is 18.5 Å². The van der Waals surface area contributed by atoms with Gasteiger partial charge in [0, 0.05) is 18.7 Å². The minimum Gasteiger partial charge on any atom is -0.452 e. The van der Waals surface area contributed by atoms with Crippen LogP contribution in [-0.2, 0) is 22.5 Å². The van der Waals surface area contributed by atoms with E-state index in [9.17, 15) is 14.4 Å². The zero-order valence-corrected chi connectivity index (χ0v) is 16.3. The normalized spacial score (nSPS) is 12.6. The van der Waals surface area contributed by atoms with E-state index in [0.717, 1.165) is 29.8 Å². The van der Waals surface area contributed by atoms with E-state index in [1.165, 1.54) is 6.07 Å². The van der Waals surface area contributed by atoms with Crippen molar-refractivity contribution < 1.29 is 14.3 Å². The summed E-state index contributed by atoms with van der Waals surface area (Å²) >= 11 is 0. The molecule has 0 saturated heterocycles. The second-order valence-electron chi connectivity index (χ2n) is 7.26. The average Bonchev–Trinajstić information content (AvgIpc) is 3.17. The van der Waals surface area contributed by atoms with E-state index in [1.54, 1.807) is 16.7 Å². The summed E-state index contributed by atoms with van der Waals surface area (Å²) in [5.41, 5.74) is 3.35. The largest absolute Gasteiger partial charge is 0.452 e. The molecule has 0 atom stereocenters. The number of esters is 1. The summed E-state index contributed by atoms with van der Waals surface area (Å²) in [7, 11) is 0. The lowest BCUT2D eigenvalue weighted by molar-refractivity contribution is -0.119. The molecular formula is C22H21N3O4. The second-order valence-corrected chi connectivity index (χ2v) is 7.26. The van der Waals surface area contributed by atoms with Crippen molar-refractivity contribution >= 4 is 28.5 Å². The Morgan fingerprint density at radius 3 is 2.79 bits per heavy atom. The van der Waals surface area contributed by atoms with Crippen LogP contribution in [0.2, 0.25) is 0 Å². The maximum Gasteiger partial charge on any atom is 0.338 e. The fourth-order valence-electron chi connectivity index (χ4n) is 3.57. The summed E-state index contributed by atoms with van der Waals surface area (Å²) in [6.45, 7) is 4.15. The molecule has 0 spiro atoms. The average molecular weight is 391 g/mol. The lowest BCUT2D eigenvalue weighted by Crippen LogP contribution is -2.22. The van der Waals surface area contributed by atoms with Gasteiger partial charge in [-0.1, -0.05) is 17.7 Å². The van der Waals surface area contributed by atoms with Crippen molar-refractivity contribution in [1.82, 2.24) is 9.55 Å². The molecule has 29 heavy (non-hydrogen) atoms. The number of anilines is 1.